The van der Waals surface area contributed by atoms with Gasteiger partial charge in [0, 0.05) is 9.90 Å². The number of ether oxygens (including phenoxy) is 2. The van der Waals surface area contributed by atoms with E-state index in [4.69, 9.17) is 21.1 Å². The number of thiophene rings is 1. The van der Waals surface area contributed by atoms with E-state index in [-0.39, 0.29) is 12.5 Å². The molecule has 3 rings (SSSR count). The van der Waals surface area contributed by atoms with Crippen LogP contribution in [-0.4, -0.2) is 25.6 Å². The van der Waals surface area contributed by atoms with Gasteiger partial charge in [0.2, 0.25) is 0 Å². The van der Waals surface area contributed by atoms with E-state index in [1.165, 1.54) is 18.4 Å². The number of esters is 1. The monoisotopic (exact) mass is 401 g/mol. The van der Waals surface area contributed by atoms with Crippen LogP contribution in [0.4, 0.5) is 5.69 Å². The molecular weight excluding hydrogens is 386 g/mol. The van der Waals surface area contributed by atoms with Gasteiger partial charge in [-0.2, -0.15) is 0 Å². The van der Waals surface area contributed by atoms with Crippen LogP contribution in [0.25, 0.3) is 10.4 Å². The van der Waals surface area contributed by atoms with Crippen LogP contribution in [0.1, 0.15) is 9.67 Å². The summed E-state index contributed by atoms with van der Waals surface area (Å²) in [6, 6.07) is 18.0. The van der Waals surface area contributed by atoms with Crippen LogP contribution in [0, 0.1) is 0 Å². The number of nitrogens with one attached hydrogen (secondary N) is 1. The number of hydrogen-bond acceptors (Lipinski definition) is 5. The lowest BCUT2D eigenvalue weighted by atomic mass is 10.2. The Bertz CT molecular complexity index is 938. The van der Waals surface area contributed by atoms with Crippen molar-refractivity contribution in [1.29, 1.82) is 0 Å². The lowest BCUT2D eigenvalue weighted by Gasteiger charge is -2.07. The molecule has 0 saturated heterocycles. The van der Waals surface area contributed by atoms with Gasteiger partial charge in [0.25, 0.3) is 5.91 Å². The SMILES string of the molecule is COC(=O)c1sc(-c2ccccc2)cc1NC(=O)COc1ccc(Cl)cc1. The van der Waals surface area contributed by atoms with Gasteiger partial charge in [-0.3, -0.25) is 4.79 Å². The van der Waals surface area contributed by atoms with E-state index in [0.717, 1.165) is 10.4 Å². The largest absolute Gasteiger partial charge is 0.484 e. The third-order valence-corrected chi connectivity index (χ3v) is 5.03. The first-order chi connectivity index (χ1) is 13.1. The van der Waals surface area contributed by atoms with Crippen LogP contribution in [0.15, 0.2) is 60.7 Å². The van der Waals surface area contributed by atoms with E-state index in [1.807, 2.05) is 30.3 Å². The number of carbonyl (C=O) groups is 2. The van der Waals surface area contributed by atoms with Gasteiger partial charge in [0.15, 0.2) is 6.61 Å². The average Bonchev–Trinajstić information content (AvgIpc) is 3.11. The number of hydrogen-bond donors (Lipinski definition) is 1. The van der Waals surface area contributed by atoms with E-state index in [1.54, 1.807) is 30.3 Å². The topological polar surface area (TPSA) is 64.6 Å². The molecule has 0 aliphatic heterocycles. The van der Waals surface area contributed by atoms with E-state index in [0.29, 0.717) is 21.3 Å². The zero-order valence-electron chi connectivity index (χ0n) is 14.4. The molecular formula is C20H16ClNO4S. The second kappa shape index (κ2) is 8.70. The number of methoxy groups -OCH3 is 1. The van der Waals surface area contributed by atoms with E-state index >= 15 is 0 Å². The molecule has 0 bridgehead atoms. The van der Waals surface area contributed by atoms with Crippen molar-refractivity contribution in [3.05, 3.63) is 70.6 Å². The molecule has 0 radical (unpaired) electrons. The lowest BCUT2D eigenvalue weighted by Crippen LogP contribution is -2.21. The predicted octanol–water partition coefficient (Wildman–Crippen LogP) is 4.87. The summed E-state index contributed by atoms with van der Waals surface area (Å²) < 4.78 is 10.3. The summed E-state index contributed by atoms with van der Waals surface area (Å²) >= 11 is 7.08. The van der Waals surface area contributed by atoms with Crippen molar-refractivity contribution in [3.63, 3.8) is 0 Å². The molecule has 1 N–H and O–H groups in total. The molecule has 27 heavy (non-hydrogen) atoms. The highest BCUT2D eigenvalue weighted by Gasteiger charge is 2.19. The van der Waals surface area contributed by atoms with Gasteiger partial charge in [-0.05, 0) is 35.9 Å². The molecule has 0 atom stereocenters. The van der Waals surface area contributed by atoms with Gasteiger partial charge in [0.1, 0.15) is 10.6 Å². The van der Waals surface area contributed by atoms with Crippen molar-refractivity contribution in [3.8, 4) is 16.2 Å². The third-order valence-electron chi connectivity index (χ3n) is 3.62. The Morgan fingerprint density at radius 2 is 1.78 bits per heavy atom. The van der Waals surface area contributed by atoms with Gasteiger partial charge in [-0.15, -0.1) is 11.3 Å². The Kier molecular flexibility index (Phi) is 6.11. The van der Waals surface area contributed by atoms with Gasteiger partial charge < -0.3 is 14.8 Å². The predicted molar refractivity (Wildman–Crippen MR) is 107 cm³/mol. The Balaban J connectivity index is 1.74. The number of halogens is 1. The summed E-state index contributed by atoms with van der Waals surface area (Å²) in [5.41, 5.74) is 1.35. The first-order valence-electron chi connectivity index (χ1n) is 8.02. The van der Waals surface area contributed by atoms with Crippen molar-refractivity contribution in [1.82, 2.24) is 0 Å². The summed E-state index contributed by atoms with van der Waals surface area (Å²) in [6.45, 7) is -0.196. The Morgan fingerprint density at radius 1 is 1.07 bits per heavy atom. The maximum Gasteiger partial charge on any atom is 0.350 e. The average molecular weight is 402 g/mol. The molecule has 3 aromatic rings. The molecule has 0 aliphatic rings. The minimum atomic E-state index is -0.504. The zero-order valence-corrected chi connectivity index (χ0v) is 16.0. The van der Waals surface area contributed by atoms with Crippen molar-refractivity contribution in [2.45, 2.75) is 0 Å². The van der Waals surface area contributed by atoms with Crippen molar-refractivity contribution < 1.29 is 19.1 Å². The molecule has 0 unspecified atom stereocenters. The fourth-order valence-corrected chi connectivity index (χ4v) is 3.50. The molecule has 1 aromatic heterocycles. The summed E-state index contributed by atoms with van der Waals surface area (Å²) in [6.07, 6.45) is 0. The zero-order chi connectivity index (χ0) is 19.2. The normalized spacial score (nSPS) is 10.3. The van der Waals surface area contributed by atoms with Crippen LogP contribution in [-0.2, 0) is 9.53 Å². The molecule has 7 heteroatoms. The summed E-state index contributed by atoms with van der Waals surface area (Å²) in [7, 11) is 1.31. The number of carbonyl (C=O) groups excluding carboxylic acids is 2. The number of benzene rings is 2. The molecule has 0 saturated carbocycles. The van der Waals surface area contributed by atoms with Crippen LogP contribution >= 0.6 is 22.9 Å². The highest BCUT2D eigenvalue weighted by Crippen LogP contribution is 2.35. The fourth-order valence-electron chi connectivity index (χ4n) is 2.34. The molecule has 0 fully saturated rings. The number of anilines is 1. The molecule has 2 aromatic carbocycles. The minimum Gasteiger partial charge on any atom is -0.484 e. The van der Waals surface area contributed by atoms with E-state index < -0.39 is 5.97 Å². The highest BCUT2D eigenvalue weighted by molar-refractivity contribution is 7.18. The lowest BCUT2D eigenvalue weighted by molar-refractivity contribution is -0.118. The molecule has 1 amide bonds. The maximum absolute atomic E-state index is 12.3. The second-order valence-corrected chi connectivity index (χ2v) is 6.99. The van der Waals surface area contributed by atoms with Crippen LogP contribution in [0.5, 0.6) is 5.75 Å². The molecule has 138 valence electrons. The molecule has 0 spiro atoms. The van der Waals surface area contributed by atoms with Crippen LogP contribution < -0.4 is 10.1 Å². The standard InChI is InChI=1S/C20H16ClNO4S/c1-25-20(24)19-16(11-17(27-19)13-5-3-2-4-6-13)22-18(23)12-26-15-9-7-14(21)8-10-15/h2-11H,12H2,1H3,(H,22,23). The van der Waals surface area contributed by atoms with Gasteiger partial charge in [0.05, 0.1) is 12.8 Å². The maximum atomic E-state index is 12.3. The Labute approximate surface area is 165 Å². The molecule has 1 heterocycles. The summed E-state index contributed by atoms with van der Waals surface area (Å²) in [4.78, 5) is 25.5. The summed E-state index contributed by atoms with van der Waals surface area (Å²) in [5.74, 6) is -0.360. The van der Waals surface area contributed by atoms with Crippen LogP contribution in [0.3, 0.4) is 0 Å². The van der Waals surface area contributed by atoms with Crippen molar-refractivity contribution >= 4 is 40.5 Å². The molecule has 0 aliphatic carbocycles. The summed E-state index contributed by atoms with van der Waals surface area (Å²) in [5, 5.41) is 3.30. The van der Waals surface area contributed by atoms with Crippen molar-refractivity contribution in [2.24, 2.45) is 0 Å². The first kappa shape index (κ1) is 18.9. The molecule has 5 nitrogen and oxygen atoms in total. The van der Waals surface area contributed by atoms with E-state index in [9.17, 15) is 9.59 Å². The van der Waals surface area contributed by atoms with Gasteiger partial charge in [-0.1, -0.05) is 41.9 Å². The Hall–Kier alpha value is -2.83. The minimum absolute atomic E-state index is 0.196. The quantitative estimate of drug-likeness (QED) is 0.598. The highest BCUT2D eigenvalue weighted by atomic mass is 35.5. The van der Waals surface area contributed by atoms with E-state index in [2.05, 4.69) is 5.32 Å². The first-order valence-corrected chi connectivity index (χ1v) is 9.22. The Morgan fingerprint density at radius 3 is 2.44 bits per heavy atom. The number of rotatable bonds is 6. The fraction of sp³-hybridized carbons (Fsp3) is 0.100. The number of amides is 1. The van der Waals surface area contributed by atoms with Gasteiger partial charge >= 0.3 is 5.97 Å². The smallest absolute Gasteiger partial charge is 0.350 e. The van der Waals surface area contributed by atoms with Gasteiger partial charge in [-0.25, -0.2) is 4.79 Å². The third kappa shape index (κ3) is 4.87. The van der Waals surface area contributed by atoms with Crippen LogP contribution in [0.2, 0.25) is 5.02 Å². The van der Waals surface area contributed by atoms with Crippen molar-refractivity contribution in [2.75, 3.05) is 19.0 Å². The second-order valence-electron chi connectivity index (χ2n) is 5.50.